The molecule has 1 N–H and O–H groups in total. The largest absolute Gasteiger partial charge is 0.338 e. The number of amides is 1. The number of aryl methyl sites for hydroxylation is 1. The zero-order valence-electron chi connectivity index (χ0n) is 13.4. The van der Waals surface area contributed by atoms with Crippen molar-refractivity contribution < 1.29 is 4.79 Å². The highest BCUT2D eigenvalue weighted by Gasteiger charge is 2.29. The molecular formula is C17H22N4OS. The molecule has 3 heterocycles. The van der Waals surface area contributed by atoms with Crippen LogP contribution in [0.3, 0.4) is 0 Å². The Balaban J connectivity index is 1.31. The summed E-state index contributed by atoms with van der Waals surface area (Å²) in [6.45, 7) is 3.72. The number of hydrogen-bond donors (Lipinski definition) is 1. The standard InChI is InChI=1S/C17H22N4OS/c1-11-6-9-23-15(11)17(22)21-7-4-12(5-8-21)10-14-18-16(20-19-14)13-2-3-13/h6,9,12-13H,2-5,7-8,10H2,1H3,(H,18,19,20). The molecule has 1 amide bonds. The summed E-state index contributed by atoms with van der Waals surface area (Å²) in [5.74, 6) is 3.43. The van der Waals surface area contributed by atoms with E-state index >= 15 is 0 Å². The van der Waals surface area contributed by atoms with E-state index in [2.05, 4.69) is 15.2 Å². The minimum absolute atomic E-state index is 0.201. The fourth-order valence-electron chi connectivity index (χ4n) is 3.27. The van der Waals surface area contributed by atoms with Crippen LogP contribution >= 0.6 is 11.3 Å². The van der Waals surface area contributed by atoms with E-state index in [4.69, 9.17) is 0 Å². The molecule has 0 atom stereocenters. The molecule has 1 aliphatic heterocycles. The maximum Gasteiger partial charge on any atom is 0.264 e. The summed E-state index contributed by atoms with van der Waals surface area (Å²) in [7, 11) is 0. The molecule has 1 saturated carbocycles. The summed E-state index contributed by atoms with van der Waals surface area (Å²) in [5, 5.41) is 9.43. The number of nitrogens with one attached hydrogen (secondary N) is 1. The molecule has 2 aliphatic rings. The molecule has 5 nitrogen and oxygen atoms in total. The van der Waals surface area contributed by atoms with Crippen molar-refractivity contribution in [2.75, 3.05) is 13.1 Å². The molecule has 122 valence electrons. The van der Waals surface area contributed by atoms with Crippen molar-refractivity contribution in [2.45, 2.75) is 44.9 Å². The highest BCUT2D eigenvalue weighted by atomic mass is 32.1. The number of likely N-dealkylation sites (tertiary alicyclic amines) is 1. The third-order valence-electron chi connectivity index (χ3n) is 4.93. The average Bonchev–Trinajstić information content (AvgIpc) is 3.16. The number of hydrogen-bond acceptors (Lipinski definition) is 4. The van der Waals surface area contributed by atoms with Crippen molar-refractivity contribution in [1.29, 1.82) is 0 Å². The highest BCUT2D eigenvalue weighted by molar-refractivity contribution is 7.12. The van der Waals surface area contributed by atoms with Crippen LogP contribution in [0.25, 0.3) is 0 Å². The Morgan fingerprint density at radius 2 is 2.13 bits per heavy atom. The quantitative estimate of drug-likeness (QED) is 0.937. The van der Waals surface area contributed by atoms with Gasteiger partial charge in [0.25, 0.3) is 5.91 Å². The first-order chi connectivity index (χ1) is 11.2. The van der Waals surface area contributed by atoms with E-state index in [1.54, 1.807) is 11.3 Å². The molecule has 0 spiro atoms. The van der Waals surface area contributed by atoms with Crippen LogP contribution in [0.15, 0.2) is 11.4 Å². The molecule has 0 aromatic carbocycles. The molecule has 1 saturated heterocycles. The predicted molar refractivity (Wildman–Crippen MR) is 89.7 cm³/mol. The lowest BCUT2D eigenvalue weighted by molar-refractivity contribution is 0.0694. The maximum absolute atomic E-state index is 12.5. The van der Waals surface area contributed by atoms with E-state index in [1.165, 1.54) is 12.8 Å². The van der Waals surface area contributed by atoms with Crippen molar-refractivity contribution in [3.05, 3.63) is 33.5 Å². The normalized spacial score (nSPS) is 19.3. The van der Waals surface area contributed by atoms with Gasteiger partial charge in [0.05, 0.1) is 4.88 Å². The van der Waals surface area contributed by atoms with Gasteiger partial charge in [-0.25, -0.2) is 4.98 Å². The Labute approximate surface area is 140 Å². The fraction of sp³-hybridized carbons (Fsp3) is 0.588. The molecule has 0 unspecified atom stereocenters. The van der Waals surface area contributed by atoms with E-state index in [0.717, 1.165) is 54.4 Å². The summed E-state index contributed by atoms with van der Waals surface area (Å²) in [6.07, 6.45) is 5.53. The van der Waals surface area contributed by atoms with Crippen molar-refractivity contribution in [3.63, 3.8) is 0 Å². The van der Waals surface area contributed by atoms with Crippen molar-refractivity contribution in [2.24, 2.45) is 5.92 Å². The maximum atomic E-state index is 12.5. The van der Waals surface area contributed by atoms with Gasteiger partial charge in [-0.3, -0.25) is 9.89 Å². The number of carbonyl (C=O) groups is 1. The Hall–Kier alpha value is -1.69. The zero-order valence-corrected chi connectivity index (χ0v) is 14.2. The van der Waals surface area contributed by atoms with Crippen LogP contribution in [0, 0.1) is 12.8 Å². The minimum Gasteiger partial charge on any atom is -0.338 e. The topological polar surface area (TPSA) is 61.9 Å². The second kappa shape index (κ2) is 6.07. The Kier molecular flexibility index (Phi) is 3.93. The zero-order chi connectivity index (χ0) is 15.8. The van der Waals surface area contributed by atoms with E-state index in [1.807, 2.05) is 23.3 Å². The summed E-state index contributed by atoms with van der Waals surface area (Å²) >= 11 is 1.55. The molecule has 2 fully saturated rings. The van der Waals surface area contributed by atoms with Gasteiger partial charge in [0.2, 0.25) is 0 Å². The number of nitrogens with zero attached hydrogens (tertiary/aromatic N) is 3. The molecule has 6 heteroatoms. The number of aromatic amines is 1. The number of aromatic nitrogens is 3. The monoisotopic (exact) mass is 330 g/mol. The molecular weight excluding hydrogens is 308 g/mol. The molecule has 0 bridgehead atoms. The van der Waals surface area contributed by atoms with E-state index < -0.39 is 0 Å². The SMILES string of the molecule is Cc1ccsc1C(=O)N1CCC(Cc2nc(C3CC3)n[nH]2)CC1. The molecule has 2 aromatic rings. The first-order valence-electron chi connectivity index (χ1n) is 8.45. The van der Waals surface area contributed by atoms with Gasteiger partial charge in [-0.15, -0.1) is 11.3 Å². The molecule has 1 aliphatic carbocycles. The van der Waals surface area contributed by atoms with E-state index in [-0.39, 0.29) is 5.91 Å². The van der Waals surface area contributed by atoms with Gasteiger partial charge >= 0.3 is 0 Å². The summed E-state index contributed by atoms with van der Waals surface area (Å²) < 4.78 is 0. The third-order valence-corrected chi connectivity index (χ3v) is 5.94. The van der Waals surface area contributed by atoms with Crippen molar-refractivity contribution in [1.82, 2.24) is 20.1 Å². The molecule has 0 radical (unpaired) electrons. The lowest BCUT2D eigenvalue weighted by Crippen LogP contribution is -2.38. The summed E-state index contributed by atoms with van der Waals surface area (Å²) in [5.41, 5.74) is 1.09. The minimum atomic E-state index is 0.201. The number of piperidine rings is 1. The van der Waals surface area contributed by atoms with Crippen LogP contribution < -0.4 is 0 Å². The van der Waals surface area contributed by atoms with Gasteiger partial charge in [-0.05, 0) is 55.5 Å². The van der Waals surface area contributed by atoms with Gasteiger partial charge in [0.1, 0.15) is 5.82 Å². The van der Waals surface area contributed by atoms with Gasteiger partial charge in [-0.1, -0.05) is 0 Å². The fourth-order valence-corrected chi connectivity index (χ4v) is 4.17. The smallest absolute Gasteiger partial charge is 0.264 e. The molecule has 23 heavy (non-hydrogen) atoms. The van der Waals surface area contributed by atoms with Crippen LogP contribution in [-0.4, -0.2) is 39.1 Å². The van der Waals surface area contributed by atoms with Crippen molar-refractivity contribution in [3.8, 4) is 0 Å². The molecule has 4 rings (SSSR count). The second-order valence-electron chi connectivity index (χ2n) is 6.79. The van der Waals surface area contributed by atoms with Gasteiger partial charge in [-0.2, -0.15) is 5.10 Å². The summed E-state index contributed by atoms with van der Waals surface area (Å²) in [6, 6.07) is 2.02. The van der Waals surface area contributed by atoms with Gasteiger partial charge in [0.15, 0.2) is 5.82 Å². The predicted octanol–water partition coefficient (Wildman–Crippen LogP) is 3.15. The first kappa shape index (κ1) is 14.9. The van der Waals surface area contributed by atoms with Crippen LogP contribution in [-0.2, 0) is 6.42 Å². The van der Waals surface area contributed by atoms with Crippen molar-refractivity contribution >= 4 is 17.2 Å². The highest BCUT2D eigenvalue weighted by Crippen LogP contribution is 2.38. The lowest BCUT2D eigenvalue weighted by atomic mass is 9.93. The van der Waals surface area contributed by atoms with E-state index in [0.29, 0.717) is 11.8 Å². The number of rotatable bonds is 4. The van der Waals surface area contributed by atoms with Gasteiger partial charge < -0.3 is 4.90 Å². The van der Waals surface area contributed by atoms with Crippen LogP contribution in [0.5, 0.6) is 0 Å². The summed E-state index contributed by atoms with van der Waals surface area (Å²) in [4.78, 5) is 20.1. The average molecular weight is 330 g/mol. The number of carbonyl (C=O) groups excluding carboxylic acids is 1. The Bertz CT molecular complexity index is 695. The number of thiophene rings is 1. The Morgan fingerprint density at radius 1 is 1.35 bits per heavy atom. The number of H-pyrrole nitrogens is 1. The first-order valence-corrected chi connectivity index (χ1v) is 9.33. The molecule has 2 aromatic heterocycles. The van der Waals surface area contributed by atoms with Crippen LogP contribution in [0.4, 0.5) is 0 Å². The second-order valence-corrected chi connectivity index (χ2v) is 7.70. The lowest BCUT2D eigenvalue weighted by Gasteiger charge is -2.31. The van der Waals surface area contributed by atoms with E-state index in [9.17, 15) is 4.79 Å². The van der Waals surface area contributed by atoms with Crippen LogP contribution in [0.1, 0.15) is 58.5 Å². The van der Waals surface area contributed by atoms with Gasteiger partial charge in [0, 0.05) is 25.4 Å². The Morgan fingerprint density at radius 3 is 2.78 bits per heavy atom. The van der Waals surface area contributed by atoms with Crippen LogP contribution in [0.2, 0.25) is 0 Å². The third kappa shape index (κ3) is 3.17.